The number of amides is 1. The van der Waals surface area contributed by atoms with Crippen molar-refractivity contribution in [1.82, 2.24) is 19.9 Å². The van der Waals surface area contributed by atoms with Gasteiger partial charge in [0.1, 0.15) is 11.5 Å². The number of methoxy groups -OCH3 is 2. The van der Waals surface area contributed by atoms with E-state index in [0.717, 1.165) is 16.7 Å². The van der Waals surface area contributed by atoms with E-state index >= 15 is 0 Å². The Morgan fingerprint density at radius 2 is 2.00 bits per heavy atom. The molecule has 4 aromatic rings. The van der Waals surface area contributed by atoms with Gasteiger partial charge in [-0.2, -0.15) is 5.10 Å². The van der Waals surface area contributed by atoms with E-state index in [1.807, 2.05) is 20.0 Å². The number of fused-ring (bicyclic) bond motifs is 1. The molecule has 0 bridgehead atoms. The number of hydrogen-bond donors (Lipinski definition) is 1. The van der Waals surface area contributed by atoms with Crippen LogP contribution in [0.4, 0.5) is 5.69 Å². The fourth-order valence-corrected chi connectivity index (χ4v) is 3.09. The normalized spacial score (nSPS) is 10.9. The van der Waals surface area contributed by atoms with Gasteiger partial charge >= 0.3 is 0 Å². The fraction of sp³-hybridized carbons (Fsp3) is 0.200. The van der Waals surface area contributed by atoms with E-state index in [1.165, 1.54) is 0 Å². The third kappa shape index (κ3) is 3.38. The van der Waals surface area contributed by atoms with Crippen LogP contribution in [-0.4, -0.2) is 40.0 Å². The summed E-state index contributed by atoms with van der Waals surface area (Å²) >= 11 is 0. The van der Waals surface area contributed by atoms with E-state index in [4.69, 9.17) is 14.0 Å². The van der Waals surface area contributed by atoms with Crippen molar-refractivity contribution in [2.45, 2.75) is 6.92 Å². The SMILES string of the molecule is COc1ccc(OC)c(-c2cc(C(=O)Nc3cnc4c(c3)c(C)nn4C)no2)c1. The Bertz CT molecular complexity index is 1210. The Balaban J connectivity index is 1.60. The third-order valence-corrected chi connectivity index (χ3v) is 4.54. The highest BCUT2D eigenvalue weighted by atomic mass is 16.5. The van der Waals surface area contributed by atoms with Crippen molar-refractivity contribution in [2.24, 2.45) is 7.05 Å². The van der Waals surface area contributed by atoms with Crippen molar-refractivity contribution < 1.29 is 18.8 Å². The standard InChI is InChI=1S/C20H19N5O4/c1-11-14-7-12(10-21-19(14)25(2)23-11)22-20(26)16-9-18(29-24-16)15-8-13(27-3)5-6-17(15)28-4/h5-10H,1-4H3,(H,22,26). The van der Waals surface area contributed by atoms with Crippen molar-refractivity contribution in [3.05, 3.63) is 47.9 Å². The van der Waals surface area contributed by atoms with Crippen molar-refractivity contribution in [2.75, 3.05) is 19.5 Å². The number of aryl methyl sites for hydroxylation is 2. The Morgan fingerprint density at radius 3 is 2.76 bits per heavy atom. The molecule has 1 N–H and O–H groups in total. The van der Waals surface area contributed by atoms with Gasteiger partial charge in [-0.25, -0.2) is 4.98 Å². The number of aromatic nitrogens is 4. The van der Waals surface area contributed by atoms with Gasteiger partial charge in [0.25, 0.3) is 5.91 Å². The van der Waals surface area contributed by atoms with E-state index in [2.05, 4.69) is 20.6 Å². The van der Waals surface area contributed by atoms with E-state index in [1.54, 1.807) is 49.4 Å². The topological polar surface area (TPSA) is 104 Å². The first-order valence-electron chi connectivity index (χ1n) is 8.80. The van der Waals surface area contributed by atoms with Crippen molar-refractivity contribution in [3.8, 4) is 22.8 Å². The number of carbonyl (C=O) groups excluding carboxylic acids is 1. The summed E-state index contributed by atoms with van der Waals surface area (Å²) in [5.74, 6) is 1.19. The van der Waals surface area contributed by atoms with Crippen LogP contribution < -0.4 is 14.8 Å². The summed E-state index contributed by atoms with van der Waals surface area (Å²) in [5, 5.41) is 11.9. The first-order chi connectivity index (χ1) is 14.0. The zero-order valence-corrected chi connectivity index (χ0v) is 16.4. The average molecular weight is 393 g/mol. The highest BCUT2D eigenvalue weighted by Gasteiger charge is 2.18. The Morgan fingerprint density at radius 1 is 1.17 bits per heavy atom. The summed E-state index contributed by atoms with van der Waals surface area (Å²) in [5.41, 5.74) is 2.89. The number of benzene rings is 1. The number of ether oxygens (including phenoxy) is 2. The lowest BCUT2D eigenvalue weighted by Crippen LogP contribution is -2.12. The second-order valence-corrected chi connectivity index (χ2v) is 6.40. The minimum Gasteiger partial charge on any atom is -0.497 e. The van der Waals surface area contributed by atoms with Crippen LogP contribution in [-0.2, 0) is 7.05 Å². The quantitative estimate of drug-likeness (QED) is 0.555. The predicted octanol–water partition coefficient (Wildman–Crippen LogP) is 3.20. The lowest BCUT2D eigenvalue weighted by molar-refractivity contribution is 0.101. The largest absolute Gasteiger partial charge is 0.497 e. The highest BCUT2D eigenvalue weighted by molar-refractivity contribution is 6.04. The molecule has 0 radical (unpaired) electrons. The number of hydrogen-bond acceptors (Lipinski definition) is 7. The summed E-state index contributed by atoms with van der Waals surface area (Å²) in [4.78, 5) is 17.0. The van der Waals surface area contributed by atoms with Crippen molar-refractivity contribution in [3.63, 3.8) is 0 Å². The minimum absolute atomic E-state index is 0.132. The number of carbonyl (C=O) groups is 1. The van der Waals surface area contributed by atoms with E-state index in [-0.39, 0.29) is 5.69 Å². The van der Waals surface area contributed by atoms with Crippen LogP contribution in [0.15, 0.2) is 41.1 Å². The molecule has 1 amide bonds. The van der Waals surface area contributed by atoms with Gasteiger partial charge in [0.2, 0.25) is 0 Å². The molecule has 1 aromatic carbocycles. The van der Waals surface area contributed by atoms with Crippen LogP contribution in [0.1, 0.15) is 16.2 Å². The molecule has 3 heterocycles. The van der Waals surface area contributed by atoms with Crippen LogP contribution in [0.2, 0.25) is 0 Å². The van der Waals surface area contributed by atoms with Crippen LogP contribution in [0.25, 0.3) is 22.4 Å². The molecule has 0 fully saturated rings. The van der Waals surface area contributed by atoms with Gasteiger partial charge in [-0.1, -0.05) is 5.16 Å². The monoisotopic (exact) mass is 393 g/mol. The van der Waals surface area contributed by atoms with Gasteiger partial charge in [0.05, 0.1) is 37.4 Å². The molecule has 4 rings (SSSR count). The summed E-state index contributed by atoms with van der Waals surface area (Å²) in [6, 6.07) is 8.66. The van der Waals surface area contributed by atoms with Crippen LogP contribution >= 0.6 is 0 Å². The molecular formula is C20H19N5O4. The van der Waals surface area contributed by atoms with Gasteiger partial charge in [0.15, 0.2) is 17.1 Å². The number of pyridine rings is 1. The summed E-state index contributed by atoms with van der Waals surface area (Å²) in [6.07, 6.45) is 1.58. The third-order valence-electron chi connectivity index (χ3n) is 4.54. The number of nitrogens with zero attached hydrogens (tertiary/aromatic N) is 4. The maximum absolute atomic E-state index is 12.6. The second-order valence-electron chi connectivity index (χ2n) is 6.40. The average Bonchev–Trinajstić information content (AvgIpc) is 3.33. The van der Waals surface area contributed by atoms with Crippen LogP contribution in [0.3, 0.4) is 0 Å². The second kappa shape index (κ2) is 7.27. The zero-order chi connectivity index (χ0) is 20.5. The van der Waals surface area contributed by atoms with Crippen LogP contribution in [0.5, 0.6) is 11.5 Å². The molecule has 148 valence electrons. The van der Waals surface area contributed by atoms with Crippen LogP contribution in [0, 0.1) is 6.92 Å². The molecule has 0 saturated heterocycles. The van der Waals surface area contributed by atoms with E-state index in [9.17, 15) is 4.79 Å². The number of nitrogens with one attached hydrogen (secondary N) is 1. The van der Waals surface area contributed by atoms with Gasteiger partial charge in [0, 0.05) is 18.5 Å². The molecule has 29 heavy (non-hydrogen) atoms. The Labute approximate surface area is 166 Å². The van der Waals surface area contributed by atoms with Crippen molar-refractivity contribution in [1.29, 1.82) is 0 Å². The summed E-state index contributed by atoms with van der Waals surface area (Å²) in [6.45, 7) is 1.89. The highest BCUT2D eigenvalue weighted by Crippen LogP contribution is 2.33. The minimum atomic E-state index is -0.412. The maximum atomic E-state index is 12.6. The number of anilines is 1. The van der Waals surface area contributed by atoms with Gasteiger partial charge in [-0.3, -0.25) is 9.48 Å². The molecular weight excluding hydrogens is 374 g/mol. The molecule has 3 aromatic heterocycles. The predicted molar refractivity (Wildman–Crippen MR) is 106 cm³/mol. The molecule has 9 nitrogen and oxygen atoms in total. The maximum Gasteiger partial charge on any atom is 0.277 e. The molecule has 9 heteroatoms. The molecule has 0 aliphatic heterocycles. The van der Waals surface area contributed by atoms with Gasteiger partial charge in [-0.15, -0.1) is 0 Å². The first kappa shape index (κ1) is 18.5. The van der Waals surface area contributed by atoms with Gasteiger partial charge in [-0.05, 0) is 31.2 Å². The zero-order valence-electron chi connectivity index (χ0n) is 16.4. The molecule has 0 saturated carbocycles. The molecule has 0 aliphatic carbocycles. The molecule has 0 unspecified atom stereocenters. The fourth-order valence-electron chi connectivity index (χ4n) is 3.09. The van der Waals surface area contributed by atoms with Gasteiger partial charge < -0.3 is 19.3 Å². The van der Waals surface area contributed by atoms with E-state index < -0.39 is 5.91 Å². The Hall–Kier alpha value is -3.88. The summed E-state index contributed by atoms with van der Waals surface area (Å²) in [7, 11) is 4.95. The molecule has 0 aliphatic rings. The van der Waals surface area contributed by atoms with Crippen molar-refractivity contribution >= 4 is 22.6 Å². The lowest BCUT2D eigenvalue weighted by Gasteiger charge is -2.07. The Kier molecular flexibility index (Phi) is 4.63. The first-order valence-corrected chi connectivity index (χ1v) is 8.80. The summed E-state index contributed by atoms with van der Waals surface area (Å²) < 4.78 is 17.7. The lowest BCUT2D eigenvalue weighted by atomic mass is 10.1. The molecule has 0 spiro atoms. The smallest absolute Gasteiger partial charge is 0.277 e. The van der Waals surface area contributed by atoms with E-state index in [0.29, 0.717) is 28.5 Å². The molecule has 0 atom stereocenters. The number of rotatable bonds is 5.